The molecule has 0 radical (unpaired) electrons. The van der Waals surface area contributed by atoms with Crippen molar-refractivity contribution in [1.82, 2.24) is 5.32 Å². The van der Waals surface area contributed by atoms with Crippen molar-refractivity contribution in [1.29, 1.82) is 0 Å². The van der Waals surface area contributed by atoms with Crippen molar-refractivity contribution < 1.29 is 19.4 Å². The quantitative estimate of drug-likeness (QED) is 0.405. The zero-order valence-corrected chi connectivity index (χ0v) is 15.8. The minimum absolute atomic E-state index is 0.133. The van der Waals surface area contributed by atoms with Crippen molar-refractivity contribution >= 4 is 23.3 Å². The Morgan fingerprint density at radius 1 is 1.11 bits per heavy atom. The van der Waals surface area contributed by atoms with Gasteiger partial charge < -0.3 is 25.3 Å². The molecule has 3 rings (SSSR count). The molecular formula is C21H21ClN2O4. The van der Waals surface area contributed by atoms with Crippen LogP contribution in [0.4, 0.5) is 5.69 Å². The Kier molecular flexibility index (Phi) is 6.71. The largest absolute Gasteiger partial charge is 0.478 e. The van der Waals surface area contributed by atoms with Crippen LogP contribution < -0.4 is 10.6 Å². The molecule has 0 unspecified atom stereocenters. The van der Waals surface area contributed by atoms with Crippen LogP contribution in [-0.4, -0.2) is 35.8 Å². The minimum atomic E-state index is -1.02. The van der Waals surface area contributed by atoms with Crippen LogP contribution in [0.5, 0.6) is 0 Å². The van der Waals surface area contributed by atoms with E-state index in [0.717, 1.165) is 11.3 Å². The summed E-state index contributed by atoms with van der Waals surface area (Å²) >= 11 is 5.94. The third-order valence-electron chi connectivity index (χ3n) is 4.22. The Hall–Kier alpha value is -2.80. The van der Waals surface area contributed by atoms with Crippen LogP contribution in [0.3, 0.4) is 0 Å². The number of benzene rings is 2. The van der Waals surface area contributed by atoms with E-state index in [1.54, 1.807) is 18.2 Å². The summed E-state index contributed by atoms with van der Waals surface area (Å²) in [5.41, 5.74) is 2.45. The van der Waals surface area contributed by atoms with E-state index in [1.807, 2.05) is 30.3 Å². The van der Waals surface area contributed by atoms with Gasteiger partial charge in [-0.15, -0.1) is 0 Å². The van der Waals surface area contributed by atoms with Gasteiger partial charge >= 0.3 is 5.97 Å². The minimum Gasteiger partial charge on any atom is -0.478 e. The lowest BCUT2D eigenvalue weighted by molar-refractivity contribution is 0.0697. The van der Waals surface area contributed by atoms with Crippen molar-refractivity contribution in [2.24, 2.45) is 0 Å². The molecule has 0 aliphatic rings. The van der Waals surface area contributed by atoms with Crippen LogP contribution in [-0.2, 0) is 0 Å². The van der Waals surface area contributed by atoms with E-state index in [2.05, 4.69) is 10.6 Å². The van der Waals surface area contributed by atoms with Gasteiger partial charge in [0.2, 0.25) is 0 Å². The molecule has 2 aromatic carbocycles. The fourth-order valence-electron chi connectivity index (χ4n) is 2.84. The first-order valence-electron chi connectivity index (χ1n) is 8.84. The molecule has 1 atom stereocenters. The second-order valence-electron chi connectivity index (χ2n) is 6.25. The highest BCUT2D eigenvalue weighted by molar-refractivity contribution is 6.30. The van der Waals surface area contributed by atoms with E-state index < -0.39 is 12.1 Å². The molecule has 7 heteroatoms. The number of carboxylic acids is 1. The highest BCUT2D eigenvalue weighted by atomic mass is 35.5. The molecular weight excluding hydrogens is 380 g/mol. The highest BCUT2D eigenvalue weighted by Crippen LogP contribution is 2.27. The van der Waals surface area contributed by atoms with Crippen LogP contribution in [0.1, 0.15) is 22.0 Å². The van der Waals surface area contributed by atoms with Gasteiger partial charge in [0.1, 0.15) is 11.3 Å². The molecule has 4 N–H and O–H groups in total. The average Bonchev–Trinajstić information content (AvgIpc) is 3.18. The van der Waals surface area contributed by atoms with Gasteiger partial charge in [0.15, 0.2) is 0 Å². The van der Waals surface area contributed by atoms with E-state index in [0.29, 0.717) is 36.0 Å². The first-order valence-corrected chi connectivity index (χ1v) is 9.22. The predicted octanol–water partition coefficient (Wildman–Crippen LogP) is 4.03. The lowest BCUT2D eigenvalue weighted by atomic mass is 10.1. The molecule has 0 amide bonds. The van der Waals surface area contributed by atoms with Gasteiger partial charge in [-0.3, -0.25) is 0 Å². The molecule has 3 aromatic rings. The monoisotopic (exact) mass is 400 g/mol. The molecule has 0 saturated heterocycles. The highest BCUT2D eigenvalue weighted by Gasteiger charge is 2.15. The van der Waals surface area contributed by atoms with Gasteiger partial charge in [-0.1, -0.05) is 35.9 Å². The Morgan fingerprint density at radius 2 is 1.93 bits per heavy atom. The number of carbonyl (C=O) groups is 1. The molecule has 0 fully saturated rings. The van der Waals surface area contributed by atoms with Crippen LogP contribution in [0.15, 0.2) is 65.3 Å². The van der Waals surface area contributed by atoms with E-state index in [4.69, 9.17) is 16.0 Å². The zero-order chi connectivity index (χ0) is 19.9. The van der Waals surface area contributed by atoms with Crippen LogP contribution >= 0.6 is 11.6 Å². The van der Waals surface area contributed by atoms with Gasteiger partial charge in [-0.05, 0) is 35.9 Å². The van der Waals surface area contributed by atoms with Crippen LogP contribution in [0, 0.1) is 0 Å². The first kappa shape index (κ1) is 19.9. The van der Waals surface area contributed by atoms with Gasteiger partial charge in [-0.2, -0.15) is 0 Å². The molecule has 0 spiro atoms. The average molecular weight is 401 g/mol. The summed E-state index contributed by atoms with van der Waals surface area (Å²) in [6.45, 7) is 1.69. The number of aliphatic hydroxyl groups excluding tert-OH is 1. The third-order valence-corrected chi connectivity index (χ3v) is 4.46. The maximum absolute atomic E-state index is 11.2. The molecule has 28 heavy (non-hydrogen) atoms. The second kappa shape index (κ2) is 9.41. The van der Waals surface area contributed by atoms with Gasteiger partial charge in [0, 0.05) is 35.9 Å². The van der Waals surface area contributed by atoms with Gasteiger partial charge in [-0.25, -0.2) is 4.79 Å². The summed E-state index contributed by atoms with van der Waals surface area (Å²) in [5, 5.41) is 26.4. The van der Waals surface area contributed by atoms with Crippen molar-refractivity contribution in [3.05, 3.63) is 77.0 Å². The van der Waals surface area contributed by atoms with E-state index in [-0.39, 0.29) is 5.56 Å². The third kappa shape index (κ3) is 5.13. The topological polar surface area (TPSA) is 94.7 Å². The number of furan rings is 1. The molecule has 0 bridgehead atoms. The molecule has 1 heterocycles. The van der Waals surface area contributed by atoms with Gasteiger partial charge in [0.05, 0.1) is 12.4 Å². The van der Waals surface area contributed by atoms with Gasteiger partial charge in [0.25, 0.3) is 0 Å². The fourth-order valence-corrected chi connectivity index (χ4v) is 3.04. The van der Waals surface area contributed by atoms with Crippen molar-refractivity contribution in [2.75, 3.05) is 25.0 Å². The number of anilines is 1. The van der Waals surface area contributed by atoms with Crippen molar-refractivity contribution in [3.63, 3.8) is 0 Å². The number of hydrogen-bond donors (Lipinski definition) is 4. The number of hydrogen-bond acceptors (Lipinski definition) is 5. The summed E-state index contributed by atoms with van der Waals surface area (Å²) in [6, 6.07) is 16.0. The summed E-state index contributed by atoms with van der Waals surface area (Å²) < 4.78 is 5.33. The van der Waals surface area contributed by atoms with E-state index in [1.165, 1.54) is 12.3 Å². The Balaban J connectivity index is 1.49. The molecule has 0 aliphatic heterocycles. The molecule has 0 aliphatic carbocycles. The lowest BCUT2D eigenvalue weighted by Gasteiger charge is -2.13. The molecule has 1 aromatic heterocycles. The summed E-state index contributed by atoms with van der Waals surface area (Å²) in [6.07, 6.45) is 0.740. The summed E-state index contributed by atoms with van der Waals surface area (Å²) in [5.74, 6) is -0.691. The van der Waals surface area contributed by atoms with E-state index >= 15 is 0 Å². The number of carboxylic acid groups (broad SMARTS) is 1. The van der Waals surface area contributed by atoms with Crippen LogP contribution in [0.2, 0.25) is 5.02 Å². The van der Waals surface area contributed by atoms with E-state index in [9.17, 15) is 15.0 Å². The van der Waals surface area contributed by atoms with Crippen molar-refractivity contribution in [2.45, 2.75) is 6.10 Å². The number of aromatic carboxylic acids is 1. The summed E-state index contributed by atoms with van der Waals surface area (Å²) in [4.78, 5) is 11.2. The predicted molar refractivity (Wildman–Crippen MR) is 109 cm³/mol. The number of nitrogens with one attached hydrogen (secondary N) is 2. The summed E-state index contributed by atoms with van der Waals surface area (Å²) in [7, 11) is 0. The number of rotatable bonds is 9. The number of aliphatic hydroxyl groups is 1. The smallest absolute Gasteiger partial charge is 0.339 e. The second-order valence-corrected chi connectivity index (χ2v) is 6.69. The maximum Gasteiger partial charge on any atom is 0.339 e. The fraction of sp³-hybridized carbons (Fsp3) is 0.190. The SMILES string of the molecule is O=C(O)c1ccoc1-c1cccc(NCCNC[C@H](O)c2cccc(Cl)c2)c1. The standard InChI is InChI=1S/C21H21ClN2O4/c22-16-5-1-3-14(11-16)19(25)13-23-8-9-24-17-6-2-4-15(12-17)20-18(21(26)27)7-10-28-20/h1-7,10-12,19,23-25H,8-9,13H2,(H,26,27)/t19-/m0/s1. The lowest BCUT2D eigenvalue weighted by Crippen LogP contribution is -2.26. The Morgan fingerprint density at radius 3 is 2.71 bits per heavy atom. The number of halogens is 1. The van der Waals surface area contributed by atoms with Crippen LogP contribution in [0.25, 0.3) is 11.3 Å². The molecule has 146 valence electrons. The Bertz CT molecular complexity index is 941. The molecule has 6 nitrogen and oxygen atoms in total. The zero-order valence-electron chi connectivity index (χ0n) is 15.1. The van der Waals surface area contributed by atoms with Crippen molar-refractivity contribution in [3.8, 4) is 11.3 Å². The Labute approximate surface area is 167 Å². The normalized spacial score (nSPS) is 11.9. The maximum atomic E-state index is 11.2. The first-order chi connectivity index (χ1) is 13.5. The molecule has 0 saturated carbocycles.